The van der Waals surface area contributed by atoms with E-state index >= 15 is 0 Å². The second kappa shape index (κ2) is 15.3. The lowest BCUT2D eigenvalue weighted by Gasteiger charge is -2.44. The molecule has 1 heteroatoms. The molecule has 0 aliphatic heterocycles. The van der Waals surface area contributed by atoms with E-state index in [9.17, 15) is 0 Å². The standard InChI is InChI=1S/C56H43N/c1-5-17-40(18-6-1)46-35-38-49(43-19-7-2-8-20-43)54(39-46)44-31-29-41(30-32-44)42-33-36-48(37-34-42)57(47-23-11-4-12-24-47)56-53-28-16-14-26-51(53)50-25-13-15-27-52(50)55(56)45-21-9-3-10-22-45/h1-36,38-39,48,51,53H,37H2. The molecule has 10 rings (SSSR count). The second-order valence-corrected chi connectivity index (χ2v) is 15.1. The minimum absolute atomic E-state index is 0.142. The van der Waals surface area contributed by atoms with Crippen LogP contribution in [-0.2, 0) is 0 Å². The summed E-state index contributed by atoms with van der Waals surface area (Å²) in [4.78, 5) is 2.64. The van der Waals surface area contributed by atoms with Gasteiger partial charge in [0.15, 0.2) is 0 Å². The molecule has 0 saturated heterocycles. The number of rotatable bonds is 8. The molecule has 3 aliphatic carbocycles. The van der Waals surface area contributed by atoms with Gasteiger partial charge < -0.3 is 4.90 Å². The lowest BCUT2D eigenvalue weighted by atomic mass is 9.70. The van der Waals surface area contributed by atoms with Crippen molar-refractivity contribution in [2.75, 3.05) is 4.90 Å². The number of fused-ring (bicyclic) bond motifs is 3. The fraction of sp³-hybridized carbons (Fsp3) is 0.0714. The predicted octanol–water partition coefficient (Wildman–Crippen LogP) is 14.2. The van der Waals surface area contributed by atoms with Gasteiger partial charge in [0.25, 0.3) is 0 Å². The van der Waals surface area contributed by atoms with E-state index in [1.54, 1.807) is 0 Å². The zero-order valence-corrected chi connectivity index (χ0v) is 31.8. The molecule has 0 fully saturated rings. The Morgan fingerprint density at radius 3 is 1.65 bits per heavy atom. The van der Waals surface area contributed by atoms with Crippen LogP contribution >= 0.6 is 0 Å². The number of allylic oxidation sites excluding steroid dienone is 6. The molecule has 3 atom stereocenters. The van der Waals surface area contributed by atoms with Crippen LogP contribution in [0.5, 0.6) is 0 Å². The highest BCUT2D eigenvalue weighted by atomic mass is 15.2. The molecule has 1 nitrogen and oxygen atoms in total. The fourth-order valence-electron chi connectivity index (χ4n) is 9.09. The summed E-state index contributed by atoms with van der Waals surface area (Å²) in [6.07, 6.45) is 17.4. The molecule has 3 aliphatic rings. The quantitative estimate of drug-likeness (QED) is 0.151. The molecule has 0 spiro atoms. The molecule has 0 heterocycles. The molecule has 0 N–H and O–H groups in total. The van der Waals surface area contributed by atoms with E-state index < -0.39 is 0 Å². The van der Waals surface area contributed by atoms with Crippen LogP contribution < -0.4 is 4.90 Å². The fourth-order valence-corrected chi connectivity index (χ4v) is 9.09. The summed E-state index contributed by atoms with van der Waals surface area (Å²) in [5.74, 6) is 0.473. The van der Waals surface area contributed by atoms with Crippen LogP contribution in [0.3, 0.4) is 0 Å². The van der Waals surface area contributed by atoms with Crippen molar-refractivity contribution in [2.45, 2.75) is 18.4 Å². The van der Waals surface area contributed by atoms with Gasteiger partial charge in [0.2, 0.25) is 0 Å². The third-order valence-electron chi connectivity index (χ3n) is 11.8. The van der Waals surface area contributed by atoms with Gasteiger partial charge in [0, 0.05) is 28.8 Å². The van der Waals surface area contributed by atoms with Crippen molar-refractivity contribution < 1.29 is 0 Å². The highest BCUT2D eigenvalue weighted by molar-refractivity contribution is 5.90. The average Bonchev–Trinajstić information content (AvgIpc) is 3.30. The first-order valence-corrected chi connectivity index (χ1v) is 20.1. The zero-order valence-electron chi connectivity index (χ0n) is 31.8. The number of hydrogen-bond acceptors (Lipinski definition) is 1. The predicted molar refractivity (Wildman–Crippen MR) is 241 cm³/mol. The Hall–Kier alpha value is -6.96. The van der Waals surface area contributed by atoms with Gasteiger partial charge >= 0.3 is 0 Å². The first-order valence-electron chi connectivity index (χ1n) is 20.1. The van der Waals surface area contributed by atoms with E-state index in [0.717, 1.165) is 6.42 Å². The van der Waals surface area contributed by atoms with Crippen molar-refractivity contribution in [3.63, 3.8) is 0 Å². The van der Waals surface area contributed by atoms with Gasteiger partial charge in [-0.15, -0.1) is 0 Å². The Balaban J connectivity index is 1.02. The third-order valence-corrected chi connectivity index (χ3v) is 11.8. The topological polar surface area (TPSA) is 3.24 Å². The van der Waals surface area contributed by atoms with Crippen molar-refractivity contribution in [1.29, 1.82) is 0 Å². The molecule has 0 saturated carbocycles. The van der Waals surface area contributed by atoms with E-state index in [-0.39, 0.29) is 17.9 Å². The normalized spacial score (nSPS) is 18.1. The first kappa shape index (κ1) is 34.5. The summed E-state index contributed by atoms with van der Waals surface area (Å²) in [5.41, 5.74) is 17.7. The van der Waals surface area contributed by atoms with E-state index in [2.05, 4.69) is 235 Å². The molecule has 7 aromatic carbocycles. The average molecular weight is 730 g/mol. The summed E-state index contributed by atoms with van der Waals surface area (Å²) in [6, 6.07) is 68.6. The van der Waals surface area contributed by atoms with Crippen LogP contribution in [0.15, 0.2) is 236 Å². The molecule has 0 bridgehead atoms. The summed E-state index contributed by atoms with van der Waals surface area (Å²) in [7, 11) is 0. The van der Waals surface area contributed by atoms with E-state index in [1.165, 1.54) is 78.2 Å². The van der Waals surface area contributed by atoms with E-state index in [0.29, 0.717) is 0 Å². The van der Waals surface area contributed by atoms with Gasteiger partial charge in [-0.3, -0.25) is 0 Å². The minimum atomic E-state index is 0.142. The van der Waals surface area contributed by atoms with Gasteiger partial charge in [-0.1, -0.05) is 212 Å². The molecule has 57 heavy (non-hydrogen) atoms. The number of nitrogens with zero attached hydrogens (tertiary/aromatic N) is 1. The largest absolute Gasteiger partial charge is 0.337 e. The monoisotopic (exact) mass is 729 g/mol. The lowest BCUT2D eigenvalue weighted by Crippen LogP contribution is -2.40. The number of benzene rings is 7. The Kier molecular flexibility index (Phi) is 9.26. The molecule has 7 aromatic rings. The summed E-state index contributed by atoms with van der Waals surface area (Å²) < 4.78 is 0. The summed E-state index contributed by atoms with van der Waals surface area (Å²) >= 11 is 0. The lowest BCUT2D eigenvalue weighted by molar-refractivity contribution is 0.598. The third kappa shape index (κ3) is 6.62. The van der Waals surface area contributed by atoms with Gasteiger partial charge in [-0.2, -0.15) is 0 Å². The maximum atomic E-state index is 2.64. The van der Waals surface area contributed by atoms with E-state index in [4.69, 9.17) is 0 Å². The summed E-state index contributed by atoms with van der Waals surface area (Å²) in [5, 5.41) is 0. The maximum absolute atomic E-state index is 2.64. The molecule has 3 unspecified atom stereocenters. The highest BCUT2D eigenvalue weighted by Gasteiger charge is 2.39. The highest BCUT2D eigenvalue weighted by Crippen LogP contribution is 2.50. The number of anilines is 1. The number of para-hydroxylation sites is 1. The molecular weight excluding hydrogens is 687 g/mol. The Morgan fingerprint density at radius 2 is 0.965 bits per heavy atom. The minimum Gasteiger partial charge on any atom is -0.337 e. The van der Waals surface area contributed by atoms with Crippen LogP contribution in [0.4, 0.5) is 5.69 Å². The molecule has 0 amide bonds. The summed E-state index contributed by atoms with van der Waals surface area (Å²) in [6.45, 7) is 0. The molecule has 0 radical (unpaired) electrons. The molecule has 0 aromatic heterocycles. The van der Waals surface area contributed by atoms with Gasteiger partial charge in [-0.05, 0) is 85.8 Å². The van der Waals surface area contributed by atoms with E-state index in [1.807, 2.05) is 0 Å². The maximum Gasteiger partial charge on any atom is 0.0557 e. The number of hydrogen-bond donors (Lipinski definition) is 0. The Morgan fingerprint density at radius 1 is 0.404 bits per heavy atom. The Labute approximate surface area is 336 Å². The van der Waals surface area contributed by atoms with Crippen LogP contribution in [0.2, 0.25) is 0 Å². The van der Waals surface area contributed by atoms with Crippen LogP contribution in [-0.4, -0.2) is 6.04 Å². The van der Waals surface area contributed by atoms with Gasteiger partial charge in [-0.25, -0.2) is 0 Å². The smallest absolute Gasteiger partial charge is 0.0557 e. The van der Waals surface area contributed by atoms with Crippen molar-refractivity contribution in [1.82, 2.24) is 0 Å². The Bertz CT molecular complexity index is 2680. The van der Waals surface area contributed by atoms with Gasteiger partial charge in [0.05, 0.1) is 6.04 Å². The molecule has 272 valence electrons. The van der Waals surface area contributed by atoms with Crippen molar-refractivity contribution in [3.8, 4) is 33.4 Å². The first-order chi connectivity index (χ1) is 28.3. The van der Waals surface area contributed by atoms with Crippen molar-refractivity contribution in [2.24, 2.45) is 5.92 Å². The van der Waals surface area contributed by atoms with Crippen LogP contribution in [0.25, 0.3) is 44.5 Å². The SMILES string of the molecule is C1=CC2C(N(c3ccccc3)C3C=CC(c4ccc(-c5cc(-c6ccccc6)ccc5-c5ccccc5)cc4)=CC3)=C(c3ccccc3)c3ccccc3C2C=C1. The van der Waals surface area contributed by atoms with Crippen LogP contribution in [0, 0.1) is 5.92 Å². The van der Waals surface area contributed by atoms with Gasteiger partial charge in [0.1, 0.15) is 0 Å². The van der Waals surface area contributed by atoms with Crippen molar-refractivity contribution >= 4 is 16.8 Å². The van der Waals surface area contributed by atoms with Crippen molar-refractivity contribution in [3.05, 3.63) is 259 Å². The zero-order chi connectivity index (χ0) is 38.0. The second-order valence-electron chi connectivity index (χ2n) is 15.1. The van der Waals surface area contributed by atoms with Crippen LogP contribution in [0.1, 0.15) is 34.6 Å². The molecular formula is C56H43N.